The summed E-state index contributed by atoms with van der Waals surface area (Å²) in [4.78, 5) is 11.2. The third kappa shape index (κ3) is 3.06. The fraction of sp³-hybridized carbons (Fsp3) is 0.636. The van der Waals surface area contributed by atoms with Crippen LogP contribution in [-0.4, -0.2) is 35.8 Å². The Balaban J connectivity index is 2.46. The van der Waals surface area contributed by atoms with Gasteiger partial charge in [-0.2, -0.15) is 5.10 Å². The van der Waals surface area contributed by atoms with Crippen LogP contribution in [0.4, 0.5) is 0 Å². The molecule has 2 N–H and O–H groups in total. The minimum absolute atomic E-state index is 0.0293. The lowest BCUT2D eigenvalue weighted by molar-refractivity contribution is -0.120. The molecule has 0 aliphatic carbocycles. The normalized spacial score (nSPS) is 10.5. The quantitative estimate of drug-likeness (QED) is 0.735. The molecule has 0 saturated carbocycles. The highest BCUT2D eigenvalue weighted by Crippen LogP contribution is 2.11. The van der Waals surface area contributed by atoms with Crippen LogP contribution in [0.1, 0.15) is 17.0 Å². The van der Waals surface area contributed by atoms with Gasteiger partial charge in [-0.15, -0.1) is 0 Å². The van der Waals surface area contributed by atoms with Crippen molar-refractivity contribution in [1.29, 1.82) is 0 Å². The Morgan fingerprint density at radius 3 is 2.62 bits per heavy atom. The van der Waals surface area contributed by atoms with Gasteiger partial charge in [0.2, 0.25) is 5.91 Å². The van der Waals surface area contributed by atoms with Crippen molar-refractivity contribution in [2.75, 3.05) is 20.1 Å². The number of aryl methyl sites for hydroxylation is 2. The van der Waals surface area contributed by atoms with E-state index in [1.807, 2.05) is 25.6 Å². The van der Waals surface area contributed by atoms with Crippen LogP contribution in [-0.2, 0) is 18.3 Å². The largest absolute Gasteiger partial charge is 0.355 e. The van der Waals surface area contributed by atoms with Gasteiger partial charge >= 0.3 is 0 Å². The predicted octanol–water partition coefficient (Wildman–Crippen LogP) is -0.0850. The molecule has 0 aromatic carbocycles. The van der Waals surface area contributed by atoms with Crippen LogP contribution in [0.3, 0.4) is 0 Å². The van der Waals surface area contributed by atoms with Crippen molar-refractivity contribution in [2.45, 2.75) is 20.3 Å². The number of amides is 1. The van der Waals surface area contributed by atoms with Crippen LogP contribution >= 0.6 is 0 Å². The Hall–Kier alpha value is -1.36. The second kappa shape index (κ2) is 5.65. The number of likely N-dealkylation sites (N-methyl/N-ethyl adjacent to an activating group) is 1. The van der Waals surface area contributed by atoms with E-state index < -0.39 is 0 Å². The fourth-order valence-electron chi connectivity index (χ4n) is 1.73. The standard InChI is InChI=1S/C11H20N4O/c1-8-10(9(2)15(4)14-8)5-6-13-11(16)7-12-3/h12H,5-7H2,1-4H3,(H,13,16). The minimum atomic E-state index is 0.0293. The van der Waals surface area contributed by atoms with E-state index in [0.717, 1.165) is 12.1 Å². The summed E-state index contributed by atoms with van der Waals surface area (Å²) in [6.07, 6.45) is 0.834. The van der Waals surface area contributed by atoms with Gasteiger partial charge in [0.1, 0.15) is 0 Å². The zero-order valence-corrected chi connectivity index (χ0v) is 10.4. The van der Waals surface area contributed by atoms with Gasteiger partial charge in [0.25, 0.3) is 0 Å². The zero-order chi connectivity index (χ0) is 12.1. The van der Waals surface area contributed by atoms with Gasteiger partial charge in [-0.25, -0.2) is 0 Å². The van der Waals surface area contributed by atoms with Crippen LogP contribution in [0.25, 0.3) is 0 Å². The highest BCUT2D eigenvalue weighted by Gasteiger charge is 2.09. The lowest BCUT2D eigenvalue weighted by atomic mass is 10.1. The molecule has 0 aliphatic heterocycles. The number of nitrogens with one attached hydrogen (secondary N) is 2. The predicted molar refractivity (Wildman–Crippen MR) is 63.3 cm³/mol. The third-order valence-electron chi connectivity index (χ3n) is 2.69. The number of nitrogens with zero attached hydrogens (tertiary/aromatic N) is 2. The summed E-state index contributed by atoms with van der Waals surface area (Å²) < 4.78 is 1.88. The first kappa shape index (κ1) is 12.7. The maximum absolute atomic E-state index is 11.2. The second-order valence-electron chi connectivity index (χ2n) is 3.90. The number of rotatable bonds is 5. The second-order valence-corrected chi connectivity index (χ2v) is 3.90. The lowest BCUT2D eigenvalue weighted by Gasteiger charge is -2.05. The van der Waals surface area contributed by atoms with Crippen LogP contribution in [0.15, 0.2) is 0 Å². The van der Waals surface area contributed by atoms with E-state index in [4.69, 9.17) is 0 Å². The Kier molecular flexibility index (Phi) is 4.49. The van der Waals surface area contributed by atoms with Crippen LogP contribution in [0.5, 0.6) is 0 Å². The van der Waals surface area contributed by atoms with Crippen molar-refractivity contribution in [3.05, 3.63) is 17.0 Å². The molecular formula is C11H20N4O. The molecule has 0 saturated heterocycles. The molecule has 90 valence electrons. The van der Waals surface area contributed by atoms with Crippen molar-refractivity contribution < 1.29 is 4.79 Å². The van der Waals surface area contributed by atoms with Crippen molar-refractivity contribution in [1.82, 2.24) is 20.4 Å². The van der Waals surface area contributed by atoms with Crippen LogP contribution in [0.2, 0.25) is 0 Å². The van der Waals surface area contributed by atoms with Gasteiger partial charge < -0.3 is 10.6 Å². The van der Waals surface area contributed by atoms with E-state index in [0.29, 0.717) is 13.1 Å². The van der Waals surface area contributed by atoms with E-state index in [1.54, 1.807) is 7.05 Å². The first-order valence-corrected chi connectivity index (χ1v) is 5.46. The highest BCUT2D eigenvalue weighted by atomic mass is 16.1. The summed E-state index contributed by atoms with van der Waals surface area (Å²) in [5, 5.41) is 10.0. The first-order valence-electron chi connectivity index (χ1n) is 5.46. The molecule has 16 heavy (non-hydrogen) atoms. The first-order chi connectivity index (χ1) is 7.56. The number of carbonyl (C=O) groups excluding carboxylic acids is 1. The monoisotopic (exact) mass is 224 g/mol. The van der Waals surface area contributed by atoms with E-state index in [9.17, 15) is 4.79 Å². The molecule has 5 nitrogen and oxygen atoms in total. The molecule has 0 aliphatic rings. The van der Waals surface area contributed by atoms with Gasteiger partial charge in [-0.05, 0) is 32.9 Å². The SMILES string of the molecule is CNCC(=O)NCCc1c(C)nn(C)c1C. The molecule has 0 bridgehead atoms. The molecule has 0 unspecified atom stereocenters. The molecule has 1 rings (SSSR count). The van der Waals surface area contributed by atoms with E-state index in [2.05, 4.69) is 15.7 Å². The highest BCUT2D eigenvalue weighted by molar-refractivity contribution is 5.77. The lowest BCUT2D eigenvalue weighted by Crippen LogP contribution is -2.33. The summed E-state index contributed by atoms with van der Waals surface area (Å²) in [7, 11) is 3.69. The maximum Gasteiger partial charge on any atom is 0.233 e. The van der Waals surface area contributed by atoms with Gasteiger partial charge in [0.05, 0.1) is 12.2 Å². The smallest absolute Gasteiger partial charge is 0.233 e. The maximum atomic E-state index is 11.2. The molecule has 1 aromatic heterocycles. The van der Waals surface area contributed by atoms with Crippen molar-refractivity contribution in [2.24, 2.45) is 7.05 Å². The molecule has 5 heteroatoms. The molecule has 0 radical (unpaired) electrons. The molecule has 0 spiro atoms. The Morgan fingerprint density at radius 1 is 1.44 bits per heavy atom. The summed E-state index contributed by atoms with van der Waals surface area (Å²) >= 11 is 0. The number of hydrogen-bond donors (Lipinski definition) is 2. The van der Waals surface area contributed by atoms with Crippen LogP contribution < -0.4 is 10.6 Å². The molecule has 0 fully saturated rings. The average molecular weight is 224 g/mol. The summed E-state index contributed by atoms with van der Waals surface area (Å²) in [6, 6.07) is 0. The van der Waals surface area contributed by atoms with E-state index >= 15 is 0 Å². The van der Waals surface area contributed by atoms with Gasteiger partial charge in [0.15, 0.2) is 0 Å². The van der Waals surface area contributed by atoms with Crippen molar-refractivity contribution in [3.8, 4) is 0 Å². The summed E-state index contributed by atoms with van der Waals surface area (Å²) in [5.41, 5.74) is 3.44. The number of aromatic nitrogens is 2. The third-order valence-corrected chi connectivity index (χ3v) is 2.69. The van der Waals surface area contributed by atoms with Gasteiger partial charge in [-0.1, -0.05) is 0 Å². The Morgan fingerprint density at radius 2 is 2.12 bits per heavy atom. The minimum Gasteiger partial charge on any atom is -0.355 e. The molecular weight excluding hydrogens is 204 g/mol. The van der Waals surface area contributed by atoms with Gasteiger partial charge in [0, 0.05) is 19.3 Å². The molecule has 1 aromatic rings. The topological polar surface area (TPSA) is 59.0 Å². The number of carbonyl (C=O) groups is 1. The van der Waals surface area contributed by atoms with E-state index in [1.165, 1.54) is 11.3 Å². The summed E-state index contributed by atoms with van der Waals surface area (Å²) in [6.45, 7) is 5.07. The van der Waals surface area contributed by atoms with E-state index in [-0.39, 0.29) is 5.91 Å². The molecule has 1 heterocycles. The van der Waals surface area contributed by atoms with Crippen molar-refractivity contribution >= 4 is 5.91 Å². The fourth-order valence-corrected chi connectivity index (χ4v) is 1.73. The Bertz CT molecular complexity index is 370. The Labute approximate surface area is 96.2 Å². The van der Waals surface area contributed by atoms with Gasteiger partial charge in [-0.3, -0.25) is 9.48 Å². The van der Waals surface area contributed by atoms with Crippen molar-refractivity contribution in [3.63, 3.8) is 0 Å². The summed E-state index contributed by atoms with van der Waals surface area (Å²) in [5.74, 6) is 0.0293. The molecule has 1 amide bonds. The molecule has 0 atom stereocenters. The zero-order valence-electron chi connectivity index (χ0n) is 10.4. The average Bonchev–Trinajstić information content (AvgIpc) is 2.45. The van der Waals surface area contributed by atoms with Crippen LogP contribution in [0, 0.1) is 13.8 Å². The number of hydrogen-bond acceptors (Lipinski definition) is 3.